The molecule has 1 aliphatic carbocycles. The van der Waals surface area contributed by atoms with Crippen LogP contribution in [0.15, 0.2) is 18.2 Å². The van der Waals surface area contributed by atoms with Crippen LogP contribution in [-0.2, 0) is 6.54 Å². The molecule has 108 valence electrons. The lowest BCUT2D eigenvalue weighted by molar-refractivity contribution is 0.203. The van der Waals surface area contributed by atoms with Gasteiger partial charge in [-0.15, -0.1) is 0 Å². The van der Waals surface area contributed by atoms with Gasteiger partial charge in [-0.05, 0) is 50.3 Å². The normalized spacial score (nSPS) is 14.5. The van der Waals surface area contributed by atoms with Crippen molar-refractivity contribution in [3.8, 4) is 11.8 Å². The summed E-state index contributed by atoms with van der Waals surface area (Å²) >= 11 is 0. The van der Waals surface area contributed by atoms with Gasteiger partial charge in [-0.3, -0.25) is 4.90 Å². The zero-order chi connectivity index (χ0) is 14.5. The molecule has 1 saturated carbocycles. The smallest absolute Gasteiger partial charge is 0.138 e. The molecular weight excluding hydrogens is 253 g/mol. The van der Waals surface area contributed by atoms with Gasteiger partial charge in [0.2, 0.25) is 0 Å². The summed E-state index contributed by atoms with van der Waals surface area (Å²) in [4.78, 5) is 2.42. The van der Waals surface area contributed by atoms with Gasteiger partial charge in [0, 0.05) is 19.1 Å². The molecule has 2 rings (SSSR count). The minimum Gasteiger partial charge on any atom is -0.384 e. The van der Waals surface area contributed by atoms with Gasteiger partial charge in [0.05, 0.1) is 5.56 Å². The van der Waals surface area contributed by atoms with E-state index in [1.807, 2.05) is 6.07 Å². The first-order chi connectivity index (χ1) is 9.60. The number of nitrogens with zero attached hydrogens (tertiary/aromatic N) is 1. The predicted octanol–water partition coefficient (Wildman–Crippen LogP) is 2.79. The van der Waals surface area contributed by atoms with Crippen molar-refractivity contribution >= 4 is 0 Å². The fraction of sp³-hybridized carbons (Fsp3) is 0.529. The third kappa shape index (κ3) is 4.33. The zero-order valence-electron chi connectivity index (χ0n) is 12.2. The van der Waals surface area contributed by atoms with E-state index in [4.69, 9.17) is 5.11 Å². The van der Waals surface area contributed by atoms with Crippen LogP contribution in [0.2, 0.25) is 0 Å². The van der Waals surface area contributed by atoms with Crippen molar-refractivity contribution in [2.24, 2.45) is 5.92 Å². The highest BCUT2D eigenvalue weighted by molar-refractivity contribution is 5.38. The standard InChI is InChI=1S/C17H22FNO/c1-13(2)19(11-14-5-6-14)12-15-7-8-17(18)16(10-15)4-3-9-20/h7-8,10,13-14,20H,5-6,9,11-12H2,1-2H3. The monoisotopic (exact) mass is 275 g/mol. The number of hydrogen-bond acceptors (Lipinski definition) is 2. The predicted molar refractivity (Wildman–Crippen MR) is 78.6 cm³/mol. The van der Waals surface area contributed by atoms with E-state index in [2.05, 4.69) is 30.6 Å². The zero-order valence-corrected chi connectivity index (χ0v) is 12.2. The quantitative estimate of drug-likeness (QED) is 0.835. The molecule has 0 unspecified atom stereocenters. The number of rotatable bonds is 5. The largest absolute Gasteiger partial charge is 0.384 e. The SMILES string of the molecule is CC(C)N(Cc1ccc(F)c(C#CCO)c1)CC1CC1. The van der Waals surface area contributed by atoms with E-state index >= 15 is 0 Å². The summed E-state index contributed by atoms with van der Waals surface area (Å²) in [6.45, 7) is 6.08. The first kappa shape index (κ1) is 15.0. The van der Waals surface area contributed by atoms with Crippen LogP contribution in [0.1, 0.15) is 37.8 Å². The number of benzene rings is 1. The Bertz CT molecular complexity index is 511. The molecule has 1 aliphatic rings. The average molecular weight is 275 g/mol. The van der Waals surface area contributed by atoms with E-state index in [1.165, 1.54) is 18.9 Å². The van der Waals surface area contributed by atoms with E-state index in [-0.39, 0.29) is 12.4 Å². The van der Waals surface area contributed by atoms with E-state index in [0.717, 1.165) is 24.6 Å². The van der Waals surface area contributed by atoms with Crippen LogP contribution < -0.4 is 0 Å². The Morgan fingerprint density at radius 2 is 2.15 bits per heavy atom. The third-order valence-electron chi connectivity index (χ3n) is 3.64. The van der Waals surface area contributed by atoms with Gasteiger partial charge in [-0.25, -0.2) is 4.39 Å². The highest BCUT2D eigenvalue weighted by atomic mass is 19.1. The van der Waals surface area contributed by atoms with Crippen LogP contribution in [0.3, 0.4) is 0 Å². The van der Waals surface area contributed by atoms with Crippen LogP contribution in [0, 0.1) is 23.6 Å². The summed E-state index contributed by atoms with van der Waals surface area (Å²) in [5.74, 6) is 5.68. The minimum atomic E-state index is -0.326. The van der Waals surface area contributed by atoms with Gasteiger partial charge in [-0.1, -0.05) is 17.9 Å². The van der Waals surface area contributed by atoms with Crippen molar-refractivity contribution in [3.05, 3.63) is 35.1 Å². The second-order valence-corrected chi connectivity index (χ2v) is 5.74. The van der Waals surface area contributed by atoms with Crippen molar-refractivity contribution in [1.29, 1.82) is 0 Å². The lowest BCUT2D eigenvalue weighted by Gasteiger charge is -2.26. The lowest BCUT2D eigenvalue weighted by atomic mass is 10.1. The van der Waals surface area contributed by atoms with Crippen LogP contribution in [0.4, 0.5) is 4.39 Å². The summed E-state index contributed by atoms with van der Waals surface area (Å²) in [5.41, 5.74) is 1.44. The molecule has 0 saturated heterocycles. The first-order valence-corrected chi connectivity index (χ1v) is 7.22. The molecule has 1 N–H and O–H groups in total. The number of halogens is 1. The summed E-state index contributed by atoms with van der Waals surface area (Å²) in [6.07, 6.45) is 2.67. The summed E-state index contributed by atoms with van der Waals surface area (Å²) in [5, 5.41) is 8.71. The van der Waals surface area contributed by atoms with Crippen molar-refractivity contribution < 1.29 is 9.50 Å². The Balaban J connectivity index is 2.10. The molecule has 3 heteroatoms. The summed E-state index contributed by atoms with van der Waals surface area (Å²) in [6, 6.07) is 5.56. The molecule has 2 nitrogen and oxygen atoms in total. The molecule has 0 spiro atoms. The molecule has 1 aromatic rings. The van der Waals surface area contributed by atoms with Crippen LogP contribution in [0.5, 0.6) is 0 Å². The Labute approximate surface area is 120 Å². The minimum absolute atomic E-state index is 0.247. The molecule has 1 aromatic carbocycles. The number of aliphatic hydroxyl groups is 1. The average Bonchev–Trinajstić information content (AvgIpc) is 3.22. The van der Waals surface area contributed by atoms with Crippen molar-refractivity contribution in [2.45, 2.75) is 39.3 Å². The summed E-state index contributed by atoms with van der Waals surface area (Å²) in [7, 11) is 0. The summed E-state index contributed by atoms with van der Waals surface area (Å²) < 4.78 is 13.6. The topological polar surface area (TPSA) is 23.5 Å². The van der Waals surface area contributed by atoms with Crippen LogP contribution in [-0.4, -0.2) is 29.2 Å². The van der Waals surface area contributed by atoms with Gasteiger partial charge < -0.3 is 5.11 Å². The molecule has 0 atom stereocenters. The maximum atomic E-state index is 13.6. The molecule has 0 radical (unpaired) electrons. The fourth-order valence-electron chi connectivity index (χ4n) is 2.23. The molecule has 0 heterocycles. The van der Waals surface area contributed by atoms with Crippen molar-refractivity contribution in [1.82, 2.24) is 4.90 Å². The van der Waals surface area contributed by atoms with E-state index < -0.39 is 0 Å². The van der Waals surface area contributed by atoms with Crippen molar-refractivity contribution in [2.75, 3.05) is 13.2 Å². The molecule has 1 fully saturated rings. The Morgan fingerprint density at radius 1 is 1.40 bits per heavy atom. The van der Waals surface area contributed by atoms with Gasteiger partial charge in [0.25, 0.3) is 0 Å². The second kappa shape index (κ2) is 6.88. The Hall–Kier alpha value is -1.37. The van der Waals surface area contributed by atoms with Crippen molar-refractivity contribution in [3.63, 3.8) is 0 Å². The highest BCUT2D eigenvalue weighted by Gasteiger charge is 2.25. The third-order valence-corrected chi connectivity index (χ3v) is 3.64. The first-order valence-electron chi connectivity index (χ1n) is 7.22. The molecule has 0 amide bonds. The molecule has 0 aromatic heterocycles. The Kier molecular flexibility index (Phi) is 5.17. The van der Waals surface area contributed by atoms with Crippen LogP contribution in [0.25, 0.3) is 0 Å². The van der Waals surface area contributed by atoms with Gasteiger partial charge >= 0.3 is 0 Å². The van der Waals surface area contributed by atoms with Gasteiger partial charge in [-0.2, -0.15) is 0 Å². The second-order valence-electron chi connectivity index (χ2n) is 5.74. The lowest BCUT2D eigenvalue weighted by Crippen LogP contribution is -2.32. The van der Waals surface area contributed by atoms with Crippen LogP contribution >= 0.6 is 0 Å². The number of hydrogen-bond donors (Lipinski definition) is 1. The van der Waals surface area contributed by atoms with E-state index in [1.54, 1.807) is 6.07 Å². The maximum Gasteiger partial charge on any atom is 0.138 e. The molecule has 0 aliphatic heterocycles. The molecular formula is C17H22FNO. The molecule has 0 bridgehead atoms. The molecule has 20 heavy (non-hydrogen) atoms. The fourth-order valence-corrected chi connectivity index (χ4v) is 2.23. The maximum absolute atomic E-state index is 13.6. The van der Waals surface area contributed by atoms with Gasteiger partial charge in [0.1, 0.15) is 12.4 Å². The van der Waals surface area contributed by atoms with E-state index in [9.17, 15) is 4.39 Å². The van der Waals surface area contributed by atoms with Gasteiger partial charge in [0.15, 0.2) is 0 Å². The van der Waals surface area contributed by atoms with E-state index in [0.29, 0.717) is 11.6 Å². The Morgan fingerprint density at radius 3 is 2.75 bits per heavy atom. The highest BCUT2D eigenvalue weighted by Crippen LogP contribution is 2.30. The number of aliphatic hydroxyl groups excluding tert-OH is 1.